The maximum absolute atomic E-state index is 13.1. The second-order valence-electron chi connectivity index (χ2n) is 5.54. The van der Waals surface area contributed by atoms with Crippen molar-refractivity contribution in [1.29, 1.82) is 0 Å². The molecule has 0 bridgehead atoms. The van der Waals surface area contributed by atoms with Gasteiger partial charge in [0, 0.05) is 12.1 Å². The van der Waals surface area contributed by atoms with Crippen LogP contribution < -0.4 is 5.69 Å². The number of hydrogen-bond donors (Lipinski definition) is 0. The minimum absolute atomic E-state index is 0.169. The van der Waals surface area contributed by atoms with Crippen molar-refractivity contribution in [2.45, 2.75) is 6.54 Å². The molecule has 0 aliphatic heterocycles. The first-order valence-corrected chi connectivity index (χ1v) is 7.80. The van der Waals surface area contributed by atoms with Gasteiger partial charge in [-0.2, -0.15) is 4.68 Å². The van der Waals surface area contributed by atoms with E-state index in [0.29, 0.717) is 16.5 Å². The van der Waals surface area contributed by atoms with Gasteiger partial charge in [-0.25, -0.2) is 9.18 Å². The fraction of sp³-hybridized carbons (Fsp3) is 0.125. The fourth-order valence-corrected chi connectivity index (χ4v) is 2.93. The molecule has 0 radical (unpaired) electrons. The Bertz CT molecular complexity index is 1130. The zero-order valence-corrected chi connectivity index (χ0v) is 13.9. The molecule has 25 heavy (non-hydrogen) atoms. The van der Waals surface area contributed by atoms with Crippen LogP contribution in [0, 0.1) is 5.82 Å². The number of nitrogens with zero attached hydrogens (tertiary/aromatic N) is 6. The Kier molecular flexibility index (Phi) is 3.61. The molecular formula is C16H12ClFN6O. The van der Waals surface area contributed by atoms with Gasteiger partial charge in [-0.15, -0.1) is 5.10 Å². The van der Waals surface area contributed by atoms with E-state index in [-0.39, 0.29) is 18.1 Å². The summed E-state index contributed by atoms with van der Waals surface area (Å²) >= 11 is 6.02. The molecule has 0 fully saturated rings. The van der Waals surface area contributed by atoms with Crippen LogP contribution in [0.15, 0.2) is 47.3 Å². The van der Waals surface area contributed by atoms with Gasteiger partial charge < -0.3 is 0 Å². The maximum atomic E-state index is 13.1. The van der Waals surface area contributed by atoms with Crippen molar-refractivity contribution in [2.24, 2.45) is 7.05 Å². The topological polar surface area (TPSA) is 70.5 Å². The average molecular weight is 359 g/mol. The minimum atomic E-state index is -0.347. The van der Waals surface area contributed by atoms with Crippen molar-refractivity contribution in [3.63, 3.8) is 0 Å². The van der Waals surface area contributed by atoms with Gasteiger partial charge in [0.1, 0.15) is 5.82 Å². The van der Waals surface area contributed by atoms with Gasteiger partial charge >= 0.3 is 5.69 Å². The summed E-state index contributed by atoms with van der Waals surface area (Å²) in [5.74, 6) is 0.108. The highest BCUT2D eigenvalue weighted by molar-refractivity contribution is 6.31. The first kappa shape index (κ1) is 15.5. The van der Waals surface area contributed by atoms with E-state index in [1.807, 2.05) is 0 Å². The number of imidazole rings is 1. The van der Waals surface area contributed by atoms with Crippen molar-refractivity contribution in [1.82, 2.24) is 29.3 Å². The highest BCUT2D eigenvalue weighted by Gasteiger charge is 2.15. The lowest BCUT2D eigenvalue weighted by molar-refractivity contribution is 0.625. The molecule has 0 amide bonds. The molecule has 0 aliphatic carbocycles. The molecule has 0 aliphatic rings. The van der Waals surface area contributed by atoms with E-state index in [0.717, 1.165) is 11.0 Å². The highest BCUT2D eigenvalue weighted by Crippen LogP contribution is 2.19. The predicted molar refractivity (Wildman–Crippen MR) is 90.4 cm³/mol. The second kappa shape index (κ2) is 5.82. The van der Waals surface area contributed by atoms with Crippen molar-refractivity contribution < 1.29 is 4.39 Å². The van der Waals surface area contributed by atoms with Crippen molar-refractivity contribution in [3.05, 3.63) is 69.6 Å². The third kappa shape index (κ3) is 2.60. The van der Waals surface area contributed by atoms with E-state index in [1.165, 1.54) is 21.4 Å². The van der Waals surface area contributed by atoms with Gasteiger partial charge in [0.05, 0.1) is 23.3 Å². The molecule has 0 saturated heterocycles. The fourth-order valence-electron chi connectivity index (χ4n) is 2.76. The lowest BCUT2D eigenvalue weighted by atomic mass is 10.3. The number of benzene rings is 2. The van der Waals surface area contributed by atoms with Crippen LogP contribution in [0.2, 0.25) is 5.02 Å². The number of fused-ring (bicyclic) bond motifs is 1. The third-order valence-electron chi connectivity index (χ3n) is 4.01. The number of tetrazole rings is 1. The summed E-state index contributed by atoms with van der Waals surface area (Å²) in [4.78, 5) is 12.6. The summed E-state index contributed by atoms with van der Waals surface area (Å²) in [6, 6.07) is 11.0. The molecule has 0 atom stereocenters. The van der Waals surface area contributed by atoms with Crippen LogP contribution in [-0.2, 0) is 13.6 Å². The van der Waals surface area contributed by atoms with Gasteiger partial charge in [-0.1, -0.05) is 11.6 Å². The Morgan fingerprint density at radius 1 is 1.12 bits per heavy atom. The molecule has 2 heterocycles. The monoisotopic (exact) mass is 358 g/mol. The van der Waals surface area contributed by atoms with Crippen LogP contribution in [0.3, 0.4) is 0 Å². The zero-order chi connectivity index (χ0) is 17.6. The van der Waals surface area contributed by atoms with Gasteiger partial charge in [-0.05, 0) is 52.9 Å². The number of aryl methyl sites for hydroxylation is 1. The quantitative estimate of drug-likeness (QED) is 0.562. The summed E-state index contributed by atoms with van der Waals surface area (Å²) < 4.78 is 17.7. The second-order valence-corrected chi connectivity index (χ2v) is 5.98. The smallest absolute Gasteiger partial charge is 0.295 e. The summed E-state index contributed by atoms with van der Waals surface area (Å²) in [6.45, 7) is 0.169. The van der Waals surface area contributed by atoms with Crippen LogP contribution in [0.1, 0.15) is 5.82 Å². The molecule has 4 rings (SSSR count). The normalized spacial score (nSPS) is 11.3. The molecule has 0 saturated carbocycles. The lowest BCUT2D eigenvalue weighted by Gasteiger charge is -2.05. The van der Waals surface area contributed by atoms with Crippen LogP contribution >= 0.6 is 11.6 Å². The minimum Gasteiger partial charge on any atom is -0.295 e. The van der Waals surface area contributed by atoms with Crippen molar-refractivity contribution in [3.8, 4) is 5.69 Å². The van der Waals surface area contributed by atoms with Crippen LogP contribution in [0.4, 0.5) is 4.39 Å². The molecule has 2 aromatic heterocycles. The van der Waals surface area contributed by atoms with Crippen LogP contribution in [0.25, 0.3) is 16.7 Å². The third-order valence-corrected chi connectivity index (χ3v) is 4.25. The number of rotatable bonds is 3. The van der Waals surface area contributed by atoms with E-state index in [4.69, 9.17) is 11.6 Å². The summed E-state index contributed by atoms with van der Waals surface area (Å²) in [5.41, 5.74) is 1.85. The molecule has 126 valence electrons. The largest absolute Gasteiger partial charge is 0.329 e. The Labute approximate surface area is 145 Å². The Balaban J connectivity index is 1.81. The first-order chi connectivity index (χ1) is 12.0. The van der Waals surface area contributed by atoms with Gasteiger partial charge in [0.2, 0.25) is 0 Å². The standard InChI is InChI=1S/C16H12ClFN6O/c1-22-14-8-10(17)2-7-13(14)23(16(22)25)9-15-19-20-21-24(15)12-5-3-11(18)4-6-12/h2-8H,9H2,1H3. The number of halogens is 2. The first-order valence-electron chi connectivity index (χ1n) is 7.42. The Hall–Kier alpha value is -3.00. The predicted octanol–water partition coefficient (Wildman–Crippen LogP) is 2.16. The molecule has 0 spiro atoms. The molecule has 0 unspecified atom stereocenters. The van der Waals surface area contributed by atoms with E-state index >= 15 is 0 Å². The molecule has 7 nitrogen and oxygen atoms in total. The number of hydrogen-bond acceptors (Lipinski definition) is 4. The SMILES string of the molecule is Cn1c(=O)n(Cc2nnnn2-c2ccc(F)cc2)c2ccc(Cl)cc21. The zero-order valence-electron chi connectivity index (χ0n) is 13.1. The molecule has 2 aromatic carbocycles. The molecular weight excluding hydrogens is 347 g/mol. The van der Waals surface area contributed by atoms with E-state index in [2.05, 4.69) is 15.5 Å². The van der Waals surface area contributed by atoms with Gasteiger partial charge in [-0.3, -0.25) is 9.13 Å². The summed E-state index contributed by atoms with van der Waals surface area (Å²) in [5, 5.41) is 12.2. The van der Waals surface area contributed by atoms with E-state index in [1.54, 1.807) is 41.9 Å². The van der Waals surface area contributed by atoms with Gasteiger partial charge in [0.25, 0.3) is 0 Å². The van der Waals surface area contributed by atoms with Gasteiger partial charge in [0.15, 0.2) is 5.82 Å². The molecule has 0 N–H and O–H groups in total. The molecule has 9 heteroatoms. The summed E-state index contributed by atoms with van der Waals surface area (Å²) in [7, 11) is 1.68. The van der Waals surface area contributed by atoms with Crippen LogP contribution in [-0.4, -0.2) is 29.3 Å². The van der Waals surface area contributed by atoms with E-state index < -0.39 is 0 Å². The maximum Gasteiger partial charge on any atom is 0.329 e. The molecule has 4 aromatic rings. The number of aromatic nitrogens is 6. The Morgan fingerprint density at radius 3 is 2.64 bits per heavy atom. The van der Waals surface area contributed by atoms with Crippen molar-refractivity contribution >= 4 is 22.6 Å². The summed E-state index contributed by atoms with van der Waals surface area (Å²) in [6.07, 6.45) is 0. The van der Waals surface area contributed by atoms with E-state index in [9.17, 15) is 9.18 Å². The highest BCUT2D eigenvalue weighted by atomic mass is 35.5. The Morgan fingerprint density at radius 2 is 1.88 bits per heavy atom. The lowest BCUT2D eigenvalue weighted by Crippen LogP contribution is -2.24. The van der Waals surface area contributed by atoms with Crippen molar-refractivity contribution in [2.75, 3.05) is 0 Å². The van der Waals surface area contributed by atoms with Crippen LogP contribution in [0.5, 0.6) is 0 Å². The average Bonchev–Trinajstić information content (AvgIpc) is 3.15.